The van der Waals surface area contributed by atoms with Crippen LogP contribution >= 0.6 is 23.2 Å². The van der Waals surface area contributed by atoms with E-state index in [1.54, 1.807) is 0 Å². The van der Waals surface area contributed by atoms with Crippen LogP contribution in [0.4, 0.5) is 0 Å². The van der Waals surface area contributed by atoms with Crippen LogP contribution in [0.15, 0.2) is 0 Å². The van der Waals surface area contributed by atoms with Gasteiger partial charge in [0.05, 0.1) is 6.04 Å². The summed E-state index contributed by atoms with van der Waals surface area (Å²) in [7, 11) is 0. The van der Waals surface area contributed by atoms with E-state index in [0.717, 1.165) is 19.4 Å². The second-order valence-electron chi connectivity index (χ2n) is 3.69. The van der Waals surface area contributed by atoms with Crippen molar-refractivity contribution in [1.82, 2.24) is 10.6 Å². The SMILES string of the molecule is CC1CCCNC1C(=O)NCC(Cl)Cl. The van der Waals surface area contributed by atoms with E-state index in [1.807, 2.05) is 0 Å². The normalized spacial score (nSPS) is 27.7. The Labute approximate surface area is 94.5 Å². The third-order valence-corrected chi connectivity index (χ3v) is 2.79. The number of hydrogen-bond donors (Lipinski definition) is 2. The summed E-state index contributed by atoms with van der Waals surface area (Å²) in [5, 5.41) is 5.91. The summed E-state index contributed by atoms with van der Waals surface area (Å²) < 4.78 is 0. The van der Waals surface area contributed by atoms with Crippen LogP contribution in [-0.4, -0.2) is 29.9 Å². The highest BCUT2D eigenvalue weighted by atomic mass is 35.5. The molecule has 2 atom stereocenters. The van der Waals surface area contributed by atoms with Gasteiger partial charge in [0.15, 0.2) is 0 Å². The first-order valence-electron chi connectivity index (χ1n) is 4.90. The minimum atomic E-state index is -0.530. The van der Waals surface area contributed by atoms with Gasteiger partial charge in [-0.05, 0) is 25.3 Å². The average molecular weight is 239 g/mol. The zero-order valence-corrected chi connectivity index (χ0v) is 9.74. The van der Waals surface area contributed by atoms with Crippen LogP contribution in [-0.2, 0) is 4.79 Å². The summed E-state index contributed by atoms with van der Waals surface area (Å²) in [4.78, 5) is 11.1. The van der Waals surface area contributed by atoms with E-state index in [4.69, 9.17) is 23.2 Å². The van der Waals surface area contributed by atoms with Gasteiger partial charge in [0.2, 0.25) is 5.91 Å². The molecule has 0 radical (unpaired) electrons. The largest absolute Gasteiger partial charge is 0.352 e. The van der Waals surface area contributed by atoms with Crippen LogP contribution in [0.5, 0.6) is 0 Å². The van der Waals surface area contributed by atoms with Gasteiger partial charge < -0.3 is 10.6 Å². The summed E-state index contributed by atoms with van der Waals surface area (Å²) in [6, 6.07) is -0.0872. The molecule has 1 saturated heterocycles. The summed E-state index contributed by atoms with van der Waals surface area (Å²) in [5.41, 5.74) is 0. The van der Waals surface area contributed by atoms with Crippen molar-refractivity contribution in [2.75, 3.05) is 13.1 Å². The van der Waals surface area contributed by atoms with E-state index in [9.17, 15) is 4.79 Å². The Kier molecular flexibility index (Phi) is 4.99. The fourth-order valence-corrected chi connectivity index (χ4v) is 1.84. The highest BCUT2D eigenvalue weighted by Gasteiger charge is 2.27. The van der Waals surface area contributed by atoms with Crippen LogP contribution in [0.2, 0.25) is 0 Å². The van der Waals surface area contributed by atoms with Crippen molar-refractivity contribution in [2.24, 2.45) is 5.92 Å². The van der Waals surface area contributed by atoms with Crippen LogP contribution in [0.1, 0.15) is 19.8 Å². The summed E-state index contributed by atoms with van der Waals surface area (Å²) in [6.45, 7) is 3.30. The van der Waals surface area contributed by atoms with E-state index in [1.165, 1.54) is 0 Å². The average Bonchev–Trinajstić information content (AvgIpc) is 2.15. The van der Waals surface area contributed by atoms with Crippen LogP contribution in [0.3, 0.4) is 0 Å². The fourth-order valence-electron chi connectivity index (χ4n) is 1.69. The van der Waals surface area contributed by atoms with Crippen molar-refractivity contribution >= 4 is 29.1 Å². The molecule has 1 amide bonds. The Morgan fingerprint density at radius 2 is 2.36 bits per heavy atom. The first kappa shape index (κ1) is 12.1. The molecule has 1 aliphatic rings. The van der Waals surface area contributed by atoms with Gasteiger partial charge in [-0.25, -0.2) is 0 Å². The summed E-state index contributed by atoms with van der Waals surface area (Å²) >= 11 is 11.1. The van der Waals surface area contributed by atoms with Crippen LogP contribution in [0.25, 0.3) is 0 Å². The lowest BCUT2D eigenvalue weighted by Gasteiger charge is -2.28. The molecule has 0 bridgehead atoms. The second-order valence-corrected chi connectivity index (χ2v) is 4.96. The molecule has 1 aliphatic heterocycles. The van der Waals surface area contributed by atoms with Crippen molar-refractivity contribution in [3.8, 4) is 0 Å². The minimum absolute atomic E-state index is 0.00324. The molecule has 1 heterocycles. The number of carbonyl (C=O) groups is 1. The molecule has 14 heavy (non-hydrogen) atoms. The highest BCUT2D eigenvalue weighted by Crippen LogP contribution is 2.15. The minimum Gasteiger partial charge on any atom is -0.352 e. The van der Waals surface area contributed by atoms with Crippen LogP contribution in [0, 0.1) is 5.92 Å². The predicted octanol–water partition coefficient (Wildman–Crippen LogP) is 1.29. The molecule has 1 fully saturated rings. The number of nitrogens with one attached hydrogen (secondary N) is 2. The van der Waals surface area contributed by atoms with Crippen molar-refractivity contribution in [1.29, 1.82) is 0 Å². The number of hydrogen-bond acceptors (Lipinski definition) is 2. The van der Waals surface area contributed by atoms with Gasteiger partial charge in [0, 0.05) is 6.54 Å². The zero-order valence-electron chi connectivity index (χ0n) is 8.22. The van der Waals surface area contributed by atoms with E-state index < -0.39 is 4.84 Å². The Balaban J connectivity index is 2.34. The molecule has 5 heteroatoms. The summed E-state index contributed by atoms with van der Waals surface area (Å²) in [6.07, 6.45) is 2.23. The van der Waals surface area contributed by atoms with E-state index in [2.05, 4.69) is 17.6 Å². The van der Waals surface area contributed by atoms with Crippen molar-refractivity contribution in [3.05, 3.63) is 0 Å². The third-order valence-electron chi connectivity index (χ3n) is 2.48. The Morgan fingerprint density at radius 3 is 2.93 bits per heavy atom. The van der Waals surface area contributed by atoms with Crippen molar-refractivity contribution in [3.63, 3.8) is 0 Å². The van der Waals surface area contributed by atoms with Crippen molar-refractivity contribution in [2.45, 2.75) is 30.6 Å². The number of alkyl halides is 2. The lowest BCUT2D eigenvalue weighted by Crippen LogP contribution is -2.51. The van der Waals surface area contributed by atoms with Gasteiger partial charge >= 0.3 is 0 Å². The third kappa shape index (κ3) is 3.64. The number of amides is 1. The van der Waals surface area contributed by atoms with Crippen molar-refractivity contribution < 1.29 is 4.79 Å². The maximum absolute atomic E-state index is 11.6. The standard InChI is InChI=1S/C9H16Cl2N2O/c1-6-3-2-4-12-8(6)9(14)13-5-7(10)11/h6-8,12H,2-5H2,1H3,(H,13,14). The molecule has 82 valence electrons. The number of rotatable bonds is 3. The van der Waals surface area contributed by atoms with E-state index in [-0.39, 0.29) is 11.9 Å². The number of piperidine rings is 1. The van der Waals surface area contributed by atoms with Gasteiger partial charge in [-0.1, -0.05) is 6.92 Å². The molecule has 0 aliphatic carbocycles. The Morgan fingerprint density at radius 1 is 1.64 bits per heavy atom. The predicted molar refractivity (Wildman–Crippen MR) is 58.7 cm³/mol. The first-order chi connectivity index (χ1) is 6.61. The molecular formula is C9H16Cl2N2O. The molecule has 2 unspecified atom stereocenters. The molecule has 1 rings (SSSR count). The maximum Gasteiger partial charge on any atom is 0.237 e. The van der Waals surface area contributed by atoms with Crippen LogP contribution < -0.4 is 10.6 Å². The summed E-state index contributed by atoms with van der Waals surface area (Å²) in [5.74, 6) is 0.386. The van der Waals surface area contributed by atoms with Gasteiger partial charge in [-0.2, -0.15) is 0 Å². The highest BCUT2D eigenvalue weighted by molar-refractivity contribution is 6.44. The van der Waals surface area contributed by atoms with E-state index >= 15 is 0 Å². The topological polar surface area (TPSA) is 41.1 Å². The lowest BCUT2D eigenvalue weighted by molar-refractivity contribution is -0.124. The first-order valence-corrected chi connectivity index (χ1v) is 5.78. The van der Waals surface area contributed by atoms with E-state index in [0.29, 0.717) is 12.5 Å². The Bertz CT molecular complexity index is 199. The molecular weight excluding hydrogens is 223 g/mol. The number of carbonyl (C=O) groups excluding carboxylic acids is 1. The van der Waals surface area contributed by atoms with Gasteiger partial charge in [-0.15, -0.1) is 23.2 Å². The molecule has 0 aromatic rings. The van der Waals surface area contributed by atoms with Gasteiger partial charge in [0.1, 0.15) is 4.84 Å². The molecule has 2 N–H and O–H groups in total. The second kappa shape index (κ2) is 5.79. The molecule has 0 aromatic carbocycles. The number of halogens is 2. The quantitative estimate of drug-likeness (QED) is 0.729. The maximum atomic E-state index is 11.6. The monoisotopic (exact) mass is 238 g/mol. The molecule has 0 spiro atoms. The lowest BCUT2D eigenvalue weighted by atomic mass is 9.92. The molecule has 0 saturated carbocycles. The smallest absolute Gasteiger partial charge is 0.237 e. The molecule has 3 nitrogen and oxygen atoms in total. The van der Waals surface area contributed by atoms with Gasteiger partial charge in [0.25, 0.3) is 0 Å². The van der Waals surface area contributed by atoms with Gasteiger partial charge in [-0.3, -0.25) is 4.79 Å². The fraction of sp³-hybridized carbons (Fsp3) is 0.889. The zero-order chi connectivity index (χ0) is 10.6. The Hall–Kier alpha value is 0.01000. The molecule has 0 aromatic heterocycles.